The number of rotatable bonds is 3. The van der Waals surface area contributed by atoms with E-state index in [1.807, 2.05) is 12.1 Å². The third-order valence-corrected chi connectivity index (χ3v) is 5.39. The van der Waals surface area contributed by atoms with Crippen LogP contribution in [0.1, 0.15) is 24.2 Å². The number of fused-ring (bicyclic) bond motifs is 2. The Bertz CT molecular complexity index is 1480. The molecule has 1 aromatic carbocycles. The van der Waals surface area contributed by atoms with Crippen LogP contribution in [0.4, 0.5) is 5.82 Å². The predicted octanol–water partition coefficient (Wildman–Crippen LogP) is 1.84. The third kappa shape index (κ3) is 2.98. The van der Waals surface area contributed by atoms with E-state index in [1.165, 1.54) is 0 Å². The van der Waals surface area contributed by atoms with Gasteiger partial charge in [0.2, 0.25) is 0 Å². The van der Waals surface area contributed by atoms with E-state index in [2.05, 4.69) is 19.9 Å². The van der Waals surface area contributed by atoms with Gasteiger partial charge in [-0.1, -0.05) is 12.1 Å². The first-order valence-electron chi connectivity index (χ1n) is 9.71. The normalized spacial score (nSPS) is 15.9. The second-order valence-electron chi connectivity index (χ2n) is 7.25. The quantitative estimate of drug-likeness (QED) is 0.515. The minimum Gasteiger partial charge on any atom is -0.384 e. The minimum absolute atomic E-state index is 0.0580. The molecule has 1 atom stereocenters. The number of nitrogens with one attached hydrogen (secondary N) is 1. The lowest BCUT2D eigenvalue weighted by atomic mass is 10.2. The first-order valence-corrected chi connectivity index (χ1v) is 9.71. The summed E-state index contributed by atoms with van der Waals surface area (Å²) in [5.41, 5.74) is 7.48. The summed E-state index contributed by atoms with van der Waals surface area (Å²) in [5.74, 6) is 0.503. The number of ether oxygens (including phenoxy) is 1. The number of H-pyrrole nitrogens is 1. The summed E-state index contributed by atoms with van der Waals surface area (Å²) in [5, 5.41) is 19.3. The van der Waals surface area contributed by atoms with Crippen LogP contribution >= 0.6 is 0 Å². The molecule has 0 spiro atoms. The van der Waals surface area contributed by atoms with Gasteiger partial charge in [-0.2, -0.15) is 10.5 Å². The zero-order valence-electron chi connectivity index (χ0n) is 16.3. The summed E-state index contributed by atoms with van der Waals surface area (Å²) < 4.78 is 7.45. The molecule has 31 heavy (non-hydrogen) atoms. The first-order chi connectivity index (χ1) is 15.1. The molecule has 3 aromatic heterocycles. The number of nitriles is 2. The number of aromatic amines is 1. The van der Waals surface area contributed by atoms with Gasteiger partial charge in [0.25, 0.3) is 5.56 Å². The van der Waals surface area contributed by atoms with Gasteiger partial charge in [0.1, 0.15) is 29.3 Å². The van der Waals surface area contributed by atoms with Crippen LogP contribution in [0, 0.1) is 22.7 Å². The lowest BCUT2D eigenvalue weighted by Gasteiger charge is -2.13. The molecule has 10 heteroatoms. The highest BCUT2D eigenvalue weighted by molar-refractivity contribution is 5.97. The molecule has 0 amide bonds. The molecule has 0 bridgehead atoms. The molecule has 0 saturated carbocycles. The fraction of sp³-hybridized carbons (Fsp3) is 0.238. The molecule has 3 N–H and O–H groups in total. The van der Waals surface area contributed by atoms with Crippen LogP contribution in [0.15, 0.2) is 29.1 Å². The number of para-hydroxylation sites is 1. The second-order valence-corrected chi connectivity index (χ2v) is 7.25. The van der Waals surface area contributed by atoms with Crippen molar-refractivity contribution in [1.82, 2.24) is 24.5 Å². The Morgan fingerprint density at radius 3 is 2.71 bits per heavy atom. The van der Waals surface area contributed by atoms with Gasteiger partial charge in [-0.05, 0) is 25.0 Å². The maximum Gasteiger partial charge on any atom is 0.259 e. The first kappa shape index (κ1) is 18.7. The lowest BCUT2D eigenvalue weighted by Crippen LogP contribution is -2.17. The van der Waals surface area contributed by atoms with Gasteiger partial charge in [-0.25, -0.2) is 15.0 Å². The number of anilines is 1. The highest BCUT2D eigenvalue weighted by Crippen LogP contribution is 2.34. The average Bonchev–Trinajstić information content (AvgIpc) is 3.39. The standard InChI is InChI=1S/C21H16N8O2/c22-8-14-15(9-23)27-20-17(25-14)16(18(24)29(20)10-11-4-3-7-31-11)19-26-13-6-2-1-5-12(13)21(30)28-19/h1-2,5-6,11H,3-4,7,10,24H2,(H,26,28,30)/t11-/m1/s1. The highest BCUT2D eigenvalue weighted by atomic mass is 16.5. The summed E-state index contributed by atoms with van der Waals surface area (Å²) in [7, 11) is 0. The van der Waals surface area contributed by atoms with Crippen molar-refractivity contribution in [3.63, 3.8) is 0 Å². The summed E-state index contributed by atoms with van der Waals surface area (Å²) >= 11 is 0. The van der Waals surface area contributed by atoms with Crippen molar-refractivity contribution >= 4 is 27.9 Å². The molecular weight excluding hydrogens is 396 g/mol. The van der Waals surface area contributed by atoms with Crippen molar-refractivity contribution in [1.29, 1.82) is 10.5 Å². The largest absolute Gasteiger partial charge is 0.384 e. The molecule has 4 heterocycles. The van der Waals surface area contributed by atoms with Gasteiger partial charge >= 0.3 is 0 Å². The van der Waals surface area contributed by atoms with Crippen molar-refractivity contribution in [2.75, 3.05) is 12.3 Å². The zero-order chi connectivity index (χ0) is 21.5. The Labute approximate surface area is 175 Å². The molecule has 5 rings (SSSR count). The maximum absolute atomic E-state index is 12.6. The number of nitrogens with zero attached hydrogens (tertiary/aromatic N) is 6. The van der Waals surface area contributed by atoms with Gasteiger partial charge < -0.3 is 20.0 Å². The molecule has 4 aromatic rings. The molecule has 0 aliphatic carbocycles. The Balaban J connectivity index is 1.82. The number of nitrogen functional groups attached to an aromatic ring is 1. The molecule has 1 aliphatic rings. The predicted molar refractivity (Wildman–Crippen MR) is 112 cm³/mol. The minimum atomic E-state index is -0.317. The number of nitrogens with two attached hydrogens (primary N) is 1. The smallest absolute Gasteiger partial charge is 0.259 e. The molecule has 1 saturated heterocycles. The van der Waals surface area contributed by atoms with Gasteiger partial charge in [0.05, 0.1) is 29.1 Å². The van der Waals surface area contributed by atoms with Gasteiger partial charge in [-0.15, -0.1) is 0 Å². The van der Waals surface area contributed by atoms with Crippen molar-refractivity contribution in [3.8, 4) is 23.5 Å². The molecule has 1 aliphatic heterocycles. The van der Waals surface area contributed by atoms with E-state index in [9.17, 15) is 15.3 Å². The average molecular weight is 412 g/mol. The molecule has 10 nitrogen and oxygen atoms in total. The van der Waals surface area contributed by atoms with Gasteiger partial charge in [0, 0.05) is 6.61 Å². The summed E-state index contributed by atoms with van der Waals surface area (Å²) in [6.07, 6.45) is 1.76. The summed E-state index contributed by atoms with van der Waals surface area (Å²) in [6.45, 7) is 1.08. The zero-order valence-corrected chi connectivity index (χ0v) is 16.3. The van der Waals surface area contributed by atoms with Crippen molar-refractivity contribution in [3.05, 3.63) is 46.0 Å². The van der Waals surface area contributed by atoms with Gasteiger partial charge in [-0.3, -0.25) is 4.79 Å². The number of benzene rings is 1. The van der Waals surface area contributed by atoms with E-state index in [-0.39, 0.29) is 34.7 Å². The van der Waals surface area contributed by atoms with E-state index < -0.39 is 0 Å². The SMILES string of the molecule is N#Cc1nc2c(-c3nc4ccccc4c(=O)[nH]3)c(N)n(C[C@H]3CCCO3)c2nc1C#N. The number of hydrogen-bond acceptors (Lipinski definition) is 8. The Morgan fingerprint density at radius 1 is 1.19 bits per heavy atom. The van der Waals surface area contributed by atoms with Crippen LogP contribution < -0.4 is 11.3 Å². The van der Waals surface area contributed by atoms with Crippen LogP contribution in [0.3, 0.4) is 0 Å². The highest BCUT2D eigenvalue weighted by Gasteiger charge is 2.26. The lowest BCUT2D eigenvalue weighted by molar-refractivity contribution is 0.0983. The monoisotopic (exact) mass is 412 g/mol. The van der Waals surface area contributed by atoms with Crippen LogP contribution in [0.2, 0.25) is 0 Å². The topological polar surface area (TPSA) is 159 Å². The van der Waals surface area contributed by atoms with Crippen molar-refractivity contribution < 1.29 is 4.74 Å². The Kier molecular flexibility index (Phi) is 4.35. The number of hydrogen-bond donors (Lipinski definition) is 2. The van der Waals surface area contributed by atoms with E-state index >= 15 is 0 Å². The molecule has 0 unspecified atom stereocenters. The molecule has 152 valence electrons. The number of aromatic nitrogens is 5. The van der Waals surface area contributed by atoms with Crippen LogP contribution in [0.25, 0.3) is 33.5 Å². The van der Waals surface area contributed by atoms with Crippen LogP contribution in [-0.4, -0.2) is 37.2 Å². The fourth-order valence-electron chi connectivity index (χ4n) is 3.92. The van der Waals surface area contributed by atoms with E-state index in [0.717, 1.165) is 12.8 Å². The third-order valence-electron chi connectivity index (χ3n) is 5.39. The van der Waals surface area contributed by atoms with E-state index in [1.54, 1.807) is 28.8 Å². The van der Waals surface area contributed by atoms with Gasteiger partial charge in [0.15, 0.2) is 17.0 Å². The summed E-state index contributed by atoms with van der Waals surface area (Å²) in [6, 6.07) is 10.8. The van der Waals surface area contributed by atoms with Crippen molar-refractivity contribution in [2.24, 2.45) is 0 Å². The second kappa shape index (κ2) is 7.20. The summed E-state index contributed by atoms with van der Waals surface area (Å²) in [4.78, 5) is 28.7. The molecular formula is C21H16N8O2. The van der Waals surface area contributed by atoms with Crippen LogP contribution in [0.5, 0.6) is 0 Å². The van der Waals surface area contributed by atoms with E-state index in [4.69, 9.17) is 10.5 Å². The van der Waals surface area contributed by atoms with E-state index in [0.29, 0.717) is 40.8 Å². The Morgan fingerprint density at radius 2 is 1.97 bits per heavy atom. The fourth-order valence-corrected chi connectivity index (χ4v) is 3.92. The Hall–Kier alpha value is -4.28. The van der Waals surface area contributed by atoms with Crippen LogP contribution in [-0.2, 0) is 11.3 Å². The maximum atomic E-state index is 12.6. The van der Waals surface area contributed by atoms with Crippen molar-refractivity contribution in [2.45, 2.75) is 25.5 Å². The molecule has 1 fully saturated rings. The molecule has 0 radical (unpaired) electrons.